The van der Waals surface area contributed by atoms with Crippen LogP contribution in [0.1, 0.15) is 247 Å². The first-order valence-electron chi connectivity index (χ1n) is 22.8. The lowest BCUT2D eigenvalue weighted by Crippen LogP contribution is -2.30. The highest BCUT2D eigenvalue weighted by Crippen LogP contribution is 2.17. The molecule has 0 aromatic heterocycles. The predicted molar refractivity (Wildman–Crippen MR) is 220 cm³/mol. The number of unbranched alkanes of at least 4 members (excludes halogenated alkanes) is 24. The van der Waals surface area contributed by atoms with E-state index in [0.717, 1.165) is 69.6 Å². The molecule has 2 atom stereocenters. The van der Waals surface area contributed by atoms with Crippen LogP contribution in [0.4, 0.5) is 0 Å². The molecule has 0 heterocycles. The topological polar surface area (TPSA) is 78.9 Å². The third-order valence-electron chi connectivity index (χ3n) is 10.6. The number of hydrogen-bond acceptors (Lipinski definition) is 6. The molecule has 0 aliphatic rings. The zero-order chi connectivity index (χ0) is 38.3. The summed E-state index contributed by atoms with van der Waals surface area (Å²) in [6.45, 7) is 11.3. The van der Waals surface area contributed by atoms with Gasteiger partial charge in [-0.05, 0) is 31.1 Å². The molecule has 0 saturated carbocycles. The van der Waals surface area contributed by atoms with E-state index in [0.29, 0.717) is 19.3 Å². The zero-order valence-corrected chi connectivity index (χ0v) is 35.4. The highest BCUT2D eigenvalue weighted by Gasteiger charge is 2.19. The highest BCUT2D eigenvalue weighted by molar-refractivity contribution is 5.71. The minimum absolute atomic E-state index is 0.0653. The molecule has 0 aliphatic carbocycles. The van der Waals surface area contributed by atoms with Crippen LogP contribution in [0.25, 0.3) is 0 Å². The molecular weight excluding hydrogens is 649 g/mol. The average Bonchev–Trinajstić information content (AvgIpc) is 3.12. The van der Waals surface area contributed by atoms with Crippen molar-refractivity contribution in [3.05, 3.63) is 0 Å². The van der Waals surface area contributed by atoms with Gasteiger partial charge in [0.15, 0.2) is 6.10 Å². The van der Waals surface area contributed by atoms with Crippen molar-refractivity contribution in [3.8, 4) is 0 Å². The molecule has 0 saturated heterocycles. The van der Waals surface area contributed by atoms with Crippen molar-refractivity contribution in [2.24, 2.45) is 11.8 Å². The first kappa shape index (κ1) is 50.4. The Bertz CT molecular complexity index is 796. The number of carbonyl (C=O) groups excluding carboxylic acids is 3. The number of esters is 3. The first-order valence-corrected chi connectivity index (χ1v) is 22.8. The molecular formula is C46H88O6. The van der Waals surface area contributed by atoms with E-state index in [2.05, 4.69) is 34.6 Å². The maximum Gasteiger partial charge on any atom is 0.306 e. The summed E-state index contributed by atoms with van der Waals surface area (Å²) in [5, 5.41) is 0. The van der Waals surface area contributed by atoms with E-state index in [1.165, 1.54) is 135 Å². The van der Waals surface area contributed by atoms with Crippen LogP contribution in [0, 0.1) is 11.8 Å². The van der Waals surface area contributed by atoms with Gasteiger partial charge in [-0.3, -0.25) is 14.4 Å². The molecule has 6 heteroatoms. The number of carbonyl (C=O) groups is 3. The van der Waals surface area contributed by atoms with Gasteiger partial charge in [0.05, 0.1) is 0 Å². The van der Waals surface area contributed by atoms with Gasteiger partial charge >= 0.3 is 17.9 Å². The predicted octanol–water partition coefficient (Wildman–Crippen LogP) is 14.2. The smallest absolute Gasteiger partial charge is 0.306 e. The third kappa shape index (κ3) is 38.1. The van der Waals surface area contributed by atoms with Crippen LogP contribution in [-0.4, -0.2) is 37.2 Å². The molecule has 0 bridgehead atoms. The highest BCUT2D eigenvalue weighted by atomic mass is 16.6. The van der Waals surface area contributed by atoms with Crippen molar-refractivity contribution < 1.29 is 28.6 Å². The molecule has 0 spiro atoms. The number of ether oxygens (including phenoxy) is 3. The van der Waals surface area contributed by atoms with Gasteiger partial charge in [-0.25, -0.2) is 0 Å². The van der Waals surface area contributed by atoms with Crippen LogP contribution in [0.15, 0.2) is 0 Å². The van der Waals surface area contributed by atoms with E-state index in [1.807, 2.05) is 0 Å². The summed E-state index contributed by atoms with van der Waals surface area (Å²) in [7, 11) is 0. The molecule has 0 aliphatic heterocycles. The van der Waals surface area contributed by atoms with E-state index >= 15 is 0 Å². The van der Waals surface area contributed by atoms with Gasteiger partial charge in [-0.15, -0.1) is 0 Å². The standard InChI is InChI=1S/C46H88O6/c1-6-8-9-10-11-14-23-28-33-38-46(49)52-43(40-51-45(48)37-32-27-22-18-17-20-25-30-35-42(5)7-2)39-50-44(47)36-31-26-21-16-13-12-15-19-24-29-34-41(3)4/h41-43H,6-40H2,1-5H3/t42?,43-/m0/s1. The van der Waals surface area contributed by atoms with Crippen LogP contribution in [0.5, 0.6) is 0 Å². The molecule has 0 N–H and O–H groups in total. The summed E-state index contributed by atoms with van der Waals surface area (Å²) in [6.07, 6.45) is 36.5. The van der Waals surface area contributed by atoms with Gasteiger partial charge in [0, 0.05) is 19.3 Å². The summed E-state index contributed by atoms with van der Waals surface area (Å²) >= 11 is 0. The van der Waals surface area contributed by atoms with Crippen molar-refractivity contribution in [2.45, 2.75) is 253 Å². The molecule has 0 aromatic rings. The van der Waals surface area contributed by atoms with Gasteiger partial charge in [0.2, 0.25) is 0 Å². The number of rotatable bonds is 40. The third-order valence-corrected chi connectivity index (χ3v) is 10.6. The monoisotopic (exact) mass is 737 g/mol. The summed E-state index contributed by atoms with van der Waals surface area (Å²) < 4.78 is 16.7. The fourth-order valence-corrected chi connectivity index (χ4v) is 6.72. The van der Waals surface area contributed by atoms with Gasteiger partial charge in [0.1, 0.15) is 13.2 Å². The molecule has 6 nitrogen and oxygen atoms in total. The Hall–Kier alpha value is -1.59. The molecule has 0 rings (SSSR count). The van der Waals surface area contributed by atoms with E-state index < -0.39 is 6.10 Å². The molecule has 0 radical (unpaired) electrons. The van der Waals surface area contributed by atoms with Crippen LogP contribution < -0.4 is 0 Å². The van der Waals surface area contributed by atoms with Crippen molar-refractivity contribution >= 4 is 17.9 Å². The lowest BCUT2D eigenvalue weighted by atomic mass is 9.99. The number of hydrogen-bond donors (Lipinski definition) is 0. The van der Waals surface area contributed by atoms with E-state index in [9.17, 15) is 14.4 Å². The van der Waals surface area contributed by atoms with E-state index in [4.69, 9.17) is 14.2 Å². The van der Waals surface area contributed by atoms with E-state index in [1.54, 1.807) is 0 Å². The van der Waals surface area contributed by atoms with Crippen molar-refractivity contribution in [1.29, 1.82) is 0 Å². The Morgan fingerprint density at radius 2 is 0.731 bits per heavy atom. The Morgan fingerprint density at radius 1 is 0.404 bits per heavy atom. The first-order chi connectivity index (χ1) is 25.3. The molecule has 0 amide bonds. The van der Waals surface area contributed by atoms with Crippen molar-refractivity contribution in [1.82, 2.24) is 0 Å². The largest absolute Gasteiger partial charge is 0.462 e. The summed E-state index contributed by atoms with van der Waals surface area (Å²) in [6, 6.07) is 0. The minimum Gasteiger partial charge on any atom is -0.462 e. The van der Waals surface area contributed by atoms with Crippen LogP contribution in [0.3, 0.4) is 0 Å². The Morgan fingerprint density at radius 3 is 1.10 bits per heavy atom. The fourth-order valence-electron chi connectivity index (χ4n) is 6.72. The van der Waals surface area contributed by atoms with E-state index in [-0.39, 0.29) is 31.1 Å². The van der Waals surface area contributed by atoms with Gasteiger partial charge in [-0.2, -0.15) is 0 Å². The normalized spacial score (nSPS) is 12.6. The zero-order valence-electron chi connectivity index (χ0n) is 35.4. The summed E-state index contributed by atoms with van der Waals surface area (Å²) in [4.78, 5) is 37.6. The van der Waals surface area contributed by atoms with Gasteiger partial charge in [-0.1, -0.05) is 208 Å². The maximum atomic E-state index is 12.7. The Balaban J connectivity index is 4.32. The van der Waals surface area contributed by atoms with Crippen LogP contribution >= 0.6 is 0 Å². The molecule has 308 valence electrons. The van der Waals surface area contributed by atoms with Gasteiger partial charge < -0.3 is 14.2 Å². The minimum atomic E-state index is -0.760. The molecule has 0 fully saturated rings. The van der Waals surface area contributed by atoms with Crippen LogP contribution in [0.2, 0.25) is 0 Å². The Kier molecular flexibility index (Phi) is 37.9. The van der Waals surface area contributed by atoms with Crippen LogP contribution in [-0.2, 0) is 28.6 Å². The summed E-state index contributed by atoms with van der Waals surface area (Å²) in [5.41, 5.74) is 0. The molecule has 52 heavy (non-hydrogen) atoms. The van der Waals surface area contributed by atoms with Gasteiger partial charge in [0.25, 0.3) is 0 Å². The van der Waals surface area contributed by atoms with Crippen molar-refractivity contribution in [2.75, 3.05) is 13.2 Å². The quantitative estimate of drug-likeness (QED) is 0.0354. The average molecular weight is 737 g/mol. The second-order valence-electron chi connectivity index (χ2n) is 16.4. The summed E-state index contributed by atoms with van der Waals surface area (Å²) in [5.74, 6) is 0.805. The maximum absolute atomic E-state index is 12.7. The second-order valence-corrected chi connectivity index (χ2v) is 16.4. The SMILES string of the molecule is CCCCCCCCCCCC(=O)O[C@@H](COC(=O)CCCCCCCCCCCCC(C)C)COC(=O)CCCCCCCCCCC(C)CC. The van der Waals surface area contributed by atoms with Crippen molar-refractivity contribution in [3.63, 3.8) is 0 Å². The fraction of sp³-hybridized carbons (Fsp3) is 0.935. The Labute approximate surface area is 323 Å². The molecule has 1 unspecified atom stereocenters. The second kappa shape index (κ2) is 39.1. The lowest BCUT2D eigenvalue weighted by Gasteiger charge is -2.18. The lowest BCUT2D eigenvalue weighted by molar-refractivity contribution is -0.167. The molecule has 0 aromatic carbocycles.